The van der Waals surface area contributed by atoms with Crippen LogP contribution in [0.25, 0.3) is 0 Å². The van der Waals surface area contributed by atoms with Crippen molar-refractivity contribution in [1.29, 1.82) is 0 Å². The van der Waals surface area contributed by atoms with E-state index in [9.17, 15) is 9.90 Å². The van der Waals surface area contributed by atoms with Gasteiger partial charge in [0.15, 0.2) is 0 Å². The summed E-state index contributed by atoms with van der Waals surface area (Å²) in [6.07, 6.45) is -0.0666. The summed E-state index contributed by atoms with van der Waals surface area (Å²) in [6, 6.07) is 9.67. The van der Waals surface area contributed by atoms with Crippen LogP contribution in [0.3, 0.4) is 0 Å². The van der Waals surface area contributed by atoms with Gasteiger partial charge in [-0.15, -0.1) is 11.3 Å². The zero-order valence-electron chi connectivity index (χ0n) is 14.1. The molecule has 128 valence electrons. The van der Waals surface area contributed by atoms with Gasteiger partial charge in [-0.05, 0) is 37.4 Å². The van der Waals surface area contributed by atoms with Crippen molar-refractivity contribution in [3.05, 3.63) is 57.3 Å². The largest absolute Gasteiger partial charge is 0.387 e. The number of morpholine rings is 1. The Morgan fingerprint density at radius 3 is 2.79 bits per heavy atom. The molecule has 1 aliphatic heterocycles. The van der Waals surface area contributed by atoms with Crippen LogP contribution in [0.4, 0.5) is 0 Å². The highest BCUT2D eigenvalue weighted by atomic mass is 32.1. The van der Waals surface area contributed by atoms with Crippen molar-refractivity contribution in [2.75, 3.05) is 19.8 Å². The lowest BCUT2D eigenvalue weighted by Gasteiger charge is -2.36. The van der Waals surface area contributed by atoms with Gasteiger partial charge >= 0.3 is 0 Å². The zero-order chi connectivity index (χ0) is 17.1. The number of thiophene rings is 1. The molecule has 3 rings (SSSR count). The number of aliphatic hydroxyl groups is 1. The molecule has 5 heteroatoms. The van der Waals surface area contributed by atoms with E-state index in [1.54, 1.807) is 0 Å². The second-order valence-corrected chi connectivity index (χ2v) is 7.35. The van der Waals surface area contributed by atoms with Gasteiger partial charge in [0.2, 0.25) is 0 Å². The van der Waals surface area contributed by atoms with Gasteiger partial charge < -0.3 is 14.7 Å². The Kier molecular flexibility index (Phi) is 5.33. The Labute approximate surface area is 146 Å². The van der Waals surface area contributed by atoms with E-state index in [2.05, 4.69) is 6.07 Å². The minimum Gasteiger partial charge on any atom is -0.387 e. The molecule has 1 aromatic heterocycles. The third-order valence-electron chi connectivity index (χ3n) is 4.32. The van der Waals surface area contributed by atoms with Crippen molar-refractivity contribution in [2.24, 2.45) is 0 Å². The summed E-state index contributed by atoms with van der Waals surface area (Å²) in [5.41, 5.74) is 2.88. The molecule has 1 aromatic carbocycles. The van der Waals surface area contributed by atoms with E-state index in [4.69, 9.17) is 4.74 Å². The predicted octanol–water partition coefficient (Wildman–Crippen LogP) is 3.33. The summed E-state index contributed by atoms with van der Waals surface area (Å²) < 4.78 is 5.56. The molecule has 0 saturated carbocycles. The summed E-state index contributed by atoms with van der Waals surface area (Å²) >= 11 is 1.54. The van der Waals surface area contributed by atoms with E-state index in [1.165, 1.54) is 11.3 Å². The van der Waals surface area contributed by atoms with E-state index in [0.717, 1.165) is 16.0 Å². The fourth-order valence-electron chi connectivity index (χ4n) is 3.24. The molecule has 1 saturated heterocycles. The lowest BCUT2D eigenvalue weighted by atomic mass is 10.0. The first-order valence-electron chi connectivity index (χ1n) is 8.23. The average molecular weight is 345 g/mol. The smallest absolute Gasteiger partial charge is 0.254 e. The summed E-state index contributed by atoms with van der Waals surface area (Å²) in [4.78, 5) is 15.8. The van der Waals surface area contributed by atoms with Gasteiger partial charge in [0, 0.05) is 23.4 Å². The van der Waals surface area contributed by atoms with Crippen LogP contribution in [0.2, 0.25) is 0 Å². The standard InChI is InChI=1S/C19H23NO3S/c1-13-8-14(2)10-15(9-13)19(22)20-5-6-23-12-16(20)11-17(21)18-4-3-7-24-18/h3-4,7-10,16-17,21H,5-6,11-12H2,1-2H3/t16-,17+/m1/s1. The number of rotatable bonds is 4. The molecule has 0 unspecified atom stereocenters. The normalized spacial score (nSPS) is 19.3. The number of hydrogen-bond acceptors (Lipinski definition) is 4. The molecule has 0 aliphatic carbocycles. The third kappa shape index (κ3) is 3.86. The number of carbonyl (C=O) groups excluding carboxylic acids is 1. The Hall–Kier alpha value is -1.69. The van der Waals surface area contributed by atoms with Crippen LogP contribution in [-0.2, 0) is 4.74 Å². The average Bonchev–Trinajstić information content (AvgIpc) is 3.08. The molecule has 2 atom stereocenters. The molecular weight excluding hydrogens is 322 g/mol. The van der Waals surface area contributed by atoms with Crippen LogP contribution in [0.15, 0.2) is 35.7 Å². The molecule has 1 N–H and O–H groups in total. The van der Waals surface area contributed by atoms with Crippen LogP contribution in [0, 0.1) is 13.8 Å². The number of nitrogens with zero attached hydrogens (tertiary/aromatic N) is 1. The van der Waals surface area contributed by atoms with Gasteiger partial charge in [0.1, 0.15) is 0 Å². The van der Waals surface area contributed by atoms with E-state index in [0.29, 0.717) is 31.7 Å². The van der Waals surface area contributed by atoms with Gasteiger partial charge in [-0.25, -0.2) is 0 Å². The van der Waals surface area contributed by atoms with Crippen LogP contribution < -0.4 is 0 Å². The molecule has 0 radical (unpaired) electrons. The van der Waals surface area contributed by atoms with Gasteiger partial charge in [-0.2, -0.15) is 0 Å². The molecule has 24 heavy (non-hydrogen) atoms. The summed E-state index contributed by atoms with van der Waals surface area (Å²) in [6.45, 7) is 5.58. The monoisotopic (exact) mass is 345 g/mol. The fraction of sp³-hybridized carbons (Fsp3) is 0.421. The zero-order valence-corrected chi connectivity index (χ0v) is 14.9. The van der Waals surface area contributed by atoms with Crippen LogP contribution in [0.5, 0.6) is 0 Å². The Morgan fingerprint density at radius 2 is 2.12 bits per heavy atom. The Bertz CT molecular complexity index is 678. The second-order valence-electron chi connectivity index (χ2n) is 6.37. The second kappa shape index (κ2) is 7.47. The number of carbonyl (C=O) groups is 1. The Morgan fingerprint density at radius 1 is 1.38 bits per heavy atom. The van der Waals surface area contributed by atoms with Gasteiger partial charge in [0.05, 0.1) is 25.4 Å². The van der Waals surface area contributed by atoms with Crippen molar-refractivity contribution in [1.82, 2.24) is 4.90 Å². The van der Waals surface area contributed by atoms with Crippen LogP contribution >= 0.6 is 11.3 Å². The number of hydrogen-bond donors (Lipinski definition) is 1. The van der Waals surface area contributed by atoms with E-state index < -0.39 is 6.10 Å². The molecular formula is C19H23NO3S. The van der Waals surface area contributed by atoms with E-state index in [-0.39, 0.29) is 11.9 Å². The van der Waals surface area contributed by atoms with Crippen LogP contribution in [-0.4, -0.2) is 41.7 Å². The maximum absolute atomic E-state index is 13.0. The maximum Gasteiger partial charge on any atom is 0.254 e. The lowest BCUT2D eigenvalue weighted by molar-refractivity contribution is -0.0170. The van der Waals surface area contributed by atoms with Crippen molar-refractivity contribution in [3.63, 3.8) is 0 Å². The molecule has 1 fully saturated rings. The lowest BCUT2D eigenvalue weighted by Crippen LogP contribution is -2.49. The van der Waals surface area contributed by atoms with E-state index >= 15 is 0 Å². The highest BCUT2D eigenvalue weighted by Crippen LogP contribution is 2.27. The SMILES string of the molecule is Cc1cc(C)cc(C(=O)N2CCOC[C@H]2C[C@H](O)c2cccs2)c1. The van der Waals surface area contributed by atoms with Crippen LogP contribution in [0.1, 0.15) is 38.9 Å². The number of aliphatic hydroxyl groups excluding tert-OH is 1. The highest BCUT2D eigenvalue weighted by Gasteiger charge is 2.30. The molecule has 0 spiro atoms. The molecule has 2 aromatic rings. The molecule has 4 nitrogen and oxygen atoms in total. The Balaban J connectivity index is 1.77. The first-order valence-corrected chi connectivity index (χ1v) is 9.11. The fourth-order valence-corrected chi connectivity index (χ4v) is 3.96. The van der Waals surface area contributed by atoms with Gasteiger partial charge in [-0.1, -0.05) is 23.3 Å². The van der Waals surface area contributed by atoms with Crippen molar-refractivity contribution < 1.29 is 14.6 Å². The first-order chi connectivity index (χ1) is 11.5. The molecule has 2 heterocycles. The number of aryl methyl sites for hydroxylation is 2. The summed E-state index contributed by atoms with van der Waals surface area (Å²) in [7, 11) is 0. The summed E-state index contributed by atoms with van der Waals surface area (Å²) in [5.74, 6) is 0.0217. The molecule has 1 aliphatic rings. The quantitative estimate of drug-likeness (QED) is 0.925. The summed E-state index contributed by atoms with van der Waals surface area (Å²) in [5, 5.41) is 12.4. The topological polar surface area (TPSA) is 49.8 Å². The number of benzene rings is 1. The maximum atomic E-state index is 13.0. The third-order valence-corrected chi connectivity index (χ3v) is 5.30. The first kappa shape index (κ1) is 17.1. The van der Waals surface area contributed by atoms with Crippen molar-refractivity contribution >= 4 is 17.2 Å². The highest BCUT2D eigenvalue weighted by molar-refractivity contribution is 7.10. The van der Waals surface area contributed by atoms with E-state index in [1.807, 2.05) is 48.4 Å². The minimum absolute atomic E-state index is 0.0217. The minimum atomic E-state index is -0.564. The van der Waals surface area contributed by atoms with Crippen molar-refractivity contribution in [2.45, 2.75) is 32.4 Å². The molecule has 0 bridgehead atoms. The predicted molar refractivity (Wildman–Crippen MR) is 95.5 cm³/mol. The van der Waals surface area contributed by atoms with Crippen molar-refractivity contribution in [3.8, 4) is 0 Å². The number of ether oxygens (including phenoxy) is 1. The molecule has 1 amide bonds. The van der Waals surface area contributed by atoms with Gasteiger partial charge in [0.25, 0.3) is 5.91 Å². The van der Waals surface area contributed by atoms with Gasteiger partial charge in [-0.3, -0.25) is 4.79 Å². The number of amides is 1.